The number of aromatic nitrogens is 1. The van der Waals surface area contributed by atoms with Crippen LogP contribution in [0.1, 0.15) is 23.0 Å². The van der Waals surface area contributed by atoms with Gasteiger partial charge in [-0.3, -0.25) is 14.6 Å². The van der Waals surface area contributed by atoms with Crippen LogP contribution >= 0.6 is 11.6 Å². The first-order chi connectivity index (χ1) is 7.41. The molecule has 0 aliphatic carbocycles. The Bertz CT molecular complexity index is 434. The Morgan fingerprint density at radius 1 is 1.56 bits per heavy atom. The lowest BCUT2D eigenvalue weighted by Crippen LogP contribution is -2.42. The predicted molar refractivity (Wildman–Crippen MR) is 60.1 cm³/mol. The van der Waals surface area contributed by atoms with E-state index in [0.29, 0.717) is 10.7 Å². The Morgan fingerprint density at radius 2 is 2.19 bits per heavy atom. The number of hydrogen-bond acceptors (Lipinski definition) is 3. The third kappa shape index (κ3) is 2.93. The van der Waals surface area contributed by atoms with E-state index < -0.39 is 17.9 Å². The molecule has 0 aliphatic heterocycles. The van der Waals surface area contributed by atoms with E-state index in [1.165, 1.54) is 13.1 Å². The maximum atomic E-state index is 11.6. The van der Waals surface area contributed by atoms with Crippen molar-refractivity contribution in [1.29, 1.82) is 0 Å². The maximum absolute atomic E-state index is 11.6. The molecule has 0 radical (unpaired) electrons. The second kappa shape index (κ2) is 4.94. The number of hydrogen-bond donors (Lipinski definition) is 2. The van der Waals surface area contributed by atoms with Crippen LogP contribution < -0.4 is 11.1 Å². The summed E-state index contributed by atoms with van der Waals surface area (Å²) in [7, 11) is 0. The number of carbonyl (C=O) groups excluding carboxylic acids is 2. The van der Waals surface area contributed by atoms with Crippen molar-refractivity contribution in [3.63, 3.8) is 0 Å². The first-order valence-electron chi connectivity index (χ1n) is 4.64. The van der Waals surface area contributed by atoms with Gasteiger partial charge >= 0.3 is 0 Å². The number of halogens is 1. The number of aryl methyl sites for hydroxylation is 1. The van der Waals surface area contributed by atoms with Crippen molar-refractivity contribution in [2.45, 2.75) is 19.9 Å². The van der Waals surface area contributed by atoms with Gasteiger partial charge in [-0.25, -0.2) is 0 Å². The van der Waals surface area contributed by atoms with E-state index in [1.54, 1.807) is 13.0 Å². The van der Waals surface area contributed by atoms with Crippen molar-refractivity contribution in [2.75, 3.05) is 0 Å². The monoisotopic (exact) mass is 241 g/mol. The minimum absolute atomic E-state index is 0.223. The van der Waals surface area contributed by atoms with Gasteiger partial charge in [0, 0.05) is 11.9 Å². The number of pyridine rings is 1. The molecule has 1 atom stereocenters. The average Bonchev–Trinajstić information content (AvgIpc) is 2.16. The van der Waals surface area contributed by atoms with Crippen molar-refractivity contribution >= 4 is 23.4 Å². The summed E-state index contributed by atoms with van der Waals surface area (Å²) in [5.74, 6) is -1.08. The quantitative estimate of drug-likeness (QED) is 0.815. The molecule has 1 unspecified atom stereocenters. The van der Waals surface area contributed by atoms with Crippen LogP contribution in [0.15, 0.2) is 12.3 Å². The molecule has 1 rings (SSSR count). The molecule has 0 aliphatic rings. The molecular formula is C10H12ClN3O2. The fourth-order valence-corrected chi connectivity index (χ4v) is 1.33. The smallest absolute Gasteiger partial charge is 0.255 e. The summed E-state index contributed by atoms with van der Waals surface area (Å²) in [6.07, 6.45) is 1.36. The highest BCUT2D eigenvalue weighted by molar-refractivity contribution is 6.33. The standard InChI is InChI=1S/C10H12ClN3O2/c1-5-3-8(11)7(4-13-5)10(16)14-6(2)9(12)15/h3-4,6H,1-2H3,(H2,12,15)(H,14,16). The number of nitrogens with two attached hydrogens (primary N) is 1. The summed E-state index contributed by atoms with van der Waals surface area (Å²) in [4.78, 5) is 26.4. The topological polar surface area (TPSA) is 85.1 Å². The highest BCUT2D eigenvalue weighted by Gasteiger charge is 2.16. The van der Waals surface area contributed by atoms with E-state index in [9.17, 15) is 9.59 Å². The van der Waals surface area contributed by atoms with Crippen molar-refractivity contribution in [1.82, 2.24) is 10.3 Å². The molecule has 0 saturated carbocycles. The molecule has 0 aromatic carbocycles. The number of nitrogens with zero attached hydrogens (tertiary/aromatic N) is 1. The van der Waals surface area contributed by atoms with E-state index in [2.05, 4.69) is 10.3 Å². The van der Waals surface area contributed by atoms with Crippen LogP contribution in [0.5, 0.6) is 0 Å². The molecule has 16 heavy (non-hydrogen) atoms. The van der Waals surface area contributed by atoms with E-state index >= 15 is 0 Å². The summed E-state index contributed by atoms with van der Waals surface area (Å²) in [5.41, 5.74) is 5.96. The van der Waals surface area contributed by atoms with Crippen LogP contribution in [0.3, 0.4) is 0 Å². The van der Waals surface area contributed by atoms with Crippen LogP contribution in [0.4, 0.5) is 0 Å². The lowest BCUT2D eigenvalue weighted by molar-refractivity contribution is -0.119. The number of carbonyl (C=O) groups is 2. The Morgan fingerprint density at radius 3 is 2.69 bits per heavy atom. The SMILES string of the molecule is Cc1cc(Cl)c(C(=O)NC(C)C(N)=O)cn1. The van der Waals surface area contributed by atoms with Gasteiger partial charge in [-0.2, -0.15) is 0 Å². The fourth-order valence-electron chi connectivity index (χ4n) is 1.04. The highest BCUT2D eigenvalue weighted by Crippen LogP contribution is 2.15. The molecule has 0 spiro atoms. The third-order valence-electron chi connectivity index (χ3n) is 2.01. The molecule has 6 heteroatoms. The minimum Gasteiger partial charge on any atom is -0.368 e. The average molecular weight is 242 g/mol. The van der Waals surface area contributed by atoms with Gasteiger partial charge in [0.15, 0.2) is 0 Å². The van der Waals surface area contributed by atoms with Crippen molar-refractivity contribution in [3.8, 4) is 0 Å². The van der Waals surface area contributed by atoms with Crippen LogP contribution in [-0.2, 0) is 4.79 Å². The van der Waals surface area contributed by atoms with Crippen molar-refractivity contribution in [2.24, 2.45) is 5.73 Å². The van der Waals surface area contributed by atoms with Gasteiger partial charge in [-0.1, -0.05) is 11.6 Å². The van der Waals surface area contributed by atoms with E-state index in [4.69, 9.17) is 17.3 Å². The molecule has 3 N–H and O–H groups in total. The van der Waals surface area contributed by atoms with Gasteiger partial charge in [0.25, 0.3) is 5.91 Å². The van der Waals surface area contributed by atoms with Crippen LogP contribution in [-0.4, -0.2) is 22.8 Å². The second-order valence-corrected chi connectivity index (χ2v) is 3.81. The van der Waals surface area contributed by atoms with Gasteiger partial charge in [0.05, 0.1) is 10.6 Å². The van der Waals surface area contributed by atoms with Crippen LogP contribution in [0, 0.1) is 6.92 Å². The number of amides is 2. The van der Waals surface area contributed by atoms with Crippen LogP contribution in [0.25, 0.3) is 0 Å². The lowest BCUT2D eigenvalue weighted by Gasteiger charge is -2.10. The Labute approximate surface area is 98.0 Å². The minimum atomic E-state index is -0.745. The summed E-state index contributed by atoms with van der Waals surface area (Å²) < 4.78 is 0. The zero-order valence-corrected chi connectivity index (χ0v) is 9.71. The molecule has 86 valence electrons. The summed E-state index contributed by atoms with van der Waals surface area (Å²) in [5, 5.41) is 2.71. The zero-order chi connectivity index (χ0) is 12.3. The van der Waals surface area contributed by atoms with Gasteiger partial charge in [0.2, 0.25) is 5.91 Å². The normalized spacial score (nSPS) is 11.9. The van der Waals surface area contributed by atoms with Gasteiger partial charge in [0.1, 0.15) is 6.04 Å². The van der Waals surface area contributed by atoms with Crippen LogP contribution in [0.2, 0.25) is 5.02 Å². The highest BCUT2D eigenvalue weighted by atomic mass is 35.5. The molecule has 0 bridgehead atoms. The molecule has 5 nitrogen and oxygen atoms in total. The van der Waals surface area contributed by atoms with E-state index in [0.717, 1.165) is 0 Å². The first-order valence-corrected chi connectivity index (χ1v) is 5.02. The third-order valence-corrected chi connectivity index (χ3v) is 2.32. The molecule has 1 aromatic rings. The Hall–Kier alpha value is -1.62. The molecule has 0 fully saturated rings. The van der Waals surface area contributed by atoms with Gasteiger partial charge < -0.3 is 11.1 Å². The Balaban J connectivity index is 2.85. The van der Waals surface area contributed by atoms with E-state index in [-0.39, 0.29) is 5.56 Å². The number of nitrogens with one attached hydrogen (secondary N) is 1. The van der Waals surface area contributed by atoms with Crippen molar-refractivity contribution in [3.05, 3.63) is 28.5 Å². The summed E-state index contributed by atoms with van der Waals surface area (Å²) in [6, 6.07) is 0.829. The fraction of sp³-hybridized carbons (Fsp3) is 0.300. The van der Waals surface area contributed by atoms with Gasteiger partial charge in [-0.05, 0) is 19.9 Å². The summed E-state index contributed by atoms with van der Waals surface area (Å²) in [6.45, 7) is 3.26. The zero-order valence-electron chi connectivity index (χ0n) is 8.95. The lowest BCUT2D eigenvalue weighted by atomic mass is 10.2. The number of rotatable bonds is 3. The maximum Gasteiger partial charge on any atom is 0.255 e. The van der Waals surface area contributed by atoms with Crippen molar-refractivity contribution < 1.29 is 9.59 Å². The van der Waals surface area contributed by atoms with E-state index in [1.807, 2.05) is 0 Å². The molecular weight excluding hydrogens is 230 g/mol. The Kier molecular flexibility index (Phi) is 3.84. The molecule has 1 heterocycles. The molecule has 1 aromatic heterocycles. The van der Waals surface area contributed by atoms with Gasteiger partial charge in [-0.15, -0.1) is 0 Å². The number of primary amides is 1. The largest absolute Gasteiger partial charge is 0.368 e. The predicted octanol–water partition coefficient (Wildman–Crippen LogP) is 0.647. The molecule has 0 saturated heterocycles. The molecule has 2 amide bonds. The second-order valence-electron chi connectivity index (χ2n) is 3.40. The first kappa shape index (κ1) is 12.4. The summed E-state index contributed by atoms with van der Waals surface area (Å²) >= 11 is 5.87.